The Morgan fingerprint density at radius 1 is 1.23 bits per heavy atom. The maximum atomic E-state index is 14.2. The standard InChI is InChI=1S/C25H27FN4O4S/c1-15-13-25(3,4)30(14-15)22-18(9-10-20(28-22)17-8-7-16(2)19(26)12-17)23(31)29-35(33,34)21-6-5-11-27-24(21)32/h5-12,15H,13-14H2,1-4H3,(H,27,32)(H,29,31)/t15-/m0/s1. The van der Waals surface area contributed by atoms with Crippen LogP contribution in [-0.2, 0) is 10.0 Å². The third-order valence-electron chi connectivity index (χ3n) is 6.21. The Morgan fingerprint density at radius 2 is 1.97 bits per heavy atom. The van der Waals surface area contributed by atoms with Gasteiger partial charge in [-0.2, -0.15) is 0 Å². The second-order valence-corrected chi connectivity index (χ2v) is 11.2. The van der Waals surface area contributed by atoms with E-state index in [0.29, 0.717) is 35.1 Å². The Kier molecular flexibility index (Phi) is 6.27. The van der Waals surface area contributed by atoms with Gasteiger partial charge in [-0.15, -0.1) is 0 Å². The van der Waals surface area contributed by atoms with Crippen molar-refractivity contribution >= 4 is 21.7 Å². The molecule has 0 spiro atoms. The van der Waals surface area contributed by atoms with Crippen LogP contribution >= 0.6 is 0 Å². The van der Waals surface area contributed by atoms with E-state index in [9.17, 15) is 22.4 Å². The summed E-state index contributed by atoms with van der Waals surface area (Å²) >= 11 is 0. The Morgan fingerprint density at radius 3 is 2.60 bits per heavy atom. The zero-order valence-corrected chi connectivity index (χ0v) is 20.7. The van der Waals surface area contributed by atoms with E-state index in [4.69, 9.17) is 4.98 Å². The molecule has 1 atom stereocenters. The van der Waals surface area contributed by atoms with E-state index in [2.05, 4.69) is 11.9 Å². The monoisotopic (exact) mass is 498 g/mol. The summed E-state index contributed by atoms with van der Waals surface area (Å²) < 4.78 is 41.8. The van der Waals surface area contributed by atoms with Gasteiger partial charge in [0.15, 0.2) is 4.90 Å². The number of carbonyl (C=O) groups excluding carboxylic acids is 1. The third-order valence-corrected chi connectivity index (χ3v) is 7.57. The lowest BCUT2D eigenvalue weighted by Gasteiger charge is -2.34. The van der Waals surface area contributed by atoms with Crippen molar-refractivity contribution in [3.63, 3.8) is 0 Å². The summed E-state index contributed by atoms with van der Waals surface area (Å²) in [5.41, 5.74) is 0.342. The molecule has 1 saturated heterocycles. The van der Waals surface area contributed by atoms with Gasteiger partial charge in [0.2, 0.25) is 0 Å². The number of aromatic amines is 1. The first-order valence-electron chi connectivity index (χ1n) is 11.2. The molecule has 4 rings (SSSR count). The molecule has 0 radical (unpaired) electrons. The van der Waals surface area contributed by atoms with Crippen LogP contribution in [-0.4, -0.2) is 36.4 Å². The number of sulfonamides is 1. The number of nitrogens with one attached hydrogen (secondary N) is 2. The first kappa shape index (κ1) is 24.6. The van der Waals surface area contributed by atoms with Crippen molar-refractivity contribution in [1.82, 2.24) is 14.7 Å². The molecule has 0 aliphatic carbocycles. The number of nitrogens with zero attached hydrogens (tertiary/aromatic N) is 2. The number of carbonyl (C=O) groups is 1. The largest absolute Gasteiger partial charge is 0.351 e. The van der Waals surface area contributed by atoms with E-state index in [1.54, 1.807) is 25.1 Å². The number of pyridine rings is 2. The van der Waals surface area contributed by atoms with Gasteiger partial charge in [-0.1, -0.05) is 19.1 Å². The van der Waals surface area contributed by atoms with Gasteiger partial charge in [0.1, 0.15) is 11.6 Å². The number of halogens is 1. The maximum Gasteiger partial charge on any atom is 0.269 e. The van der Waals surface area contributed by atoms with Crippen LogP contribution in [0, 0.1) is 18.7 Å². The Bertz CT molecular complexity index is 1470. The van der Waals surface area contributed by atoms with Crippen molar-refractivity contribution in [2.75, 3.05) is 11.4 Å². The van der Waals surface area contributed by atoms with Crippen LogP contribution in [0.3, 0.4) is 0 Å². The van der Waals surface area contributed by atoms with Gasteiger partial charge in [-0.05, 0) is 69.0 Å². The zero-order valence-electron chi connectivity index (χ0n) is 19.9. The van der Waals surface area contributed by atoms with Gasteiger partial charge in [-0.3, -0.25) is 9.59 Å². The molecule has 184 valence electrons. The number of anilines is 1. The van der Waals surface area contributed by atoms with Gasteiger partial charge in [0.25, 0.3) is 21.5 Å². The van der Waals surface area contributed by atoms with Gasteiger partial charge in [0, 0.05) is 23.8 Å². The first-order valence-corrected chi connectivity index (χ1v) is 12.7. The molecule has 3 aromatic rings. The molecular formula is C25H27FN4O4S. The Balaban J connectivity index is 1.80. The van der Waals surface area contributed by atoms with E-state index < -0.39 is 26.4 Å². The van der Waals surface area contributed by atoms with E-state index in [1.165, 1.54) is 24.4 Å². The smallest absolute Gasteiger partial charge is 0.269 e. The summed E-state index contributed by atoms with van der Waals surface area (Å²) in [6.45, 7) is 8.42. The van der Waals surface area contributed by atoms with Gasteiger partial charge in [0.05, 0.1) is 11.3 Å². The molecule has 0 saturated carbocycles. The minimum absolute atomic E-state index is 0.0412. The minimum Gasteiger partial charge on any atom is -0.351 e. The number of hydrogen-bond donors (Lipinski definition) is 2. The van der Waals surface area contributed by atoms with Crippen molar-refractivity contribution < 1.29 is 17.6 Å². The van der Waals surface area contributed by atoms with E-state index in [1.807, 2.05) is 23.5 Å². The fourth-order valence-corrected chi connectivity index (χ4v) is 5.58. The SMILES string of the molecule is Cc1ccc(-c2ccc(C(=O)NS(=O)(=O)c3ccc[nH]c3=O)c(N3C[C@@H](C)CC3(C)C)n2)cc1F. The lowest BCUT2D eigenvalue weighted by Crippen LogP contribution is -2.41. The van der Waals surface area contributed by atoms with Crippen LogP contribution < -0.4 is 15.2 Å². The normalized spacial score (nSPS) is 17.4. The minimum atomic E-state index is -4.43. The molecule has 1 amide bonds. The van der Waals surface area contributed by atoms with Crippen molar-refractivity contribution in [3.05, 3.63) is 76.0 Å². The predicted molar refractivity (Wildman–Crippen MR) is 131 cm³/mol. The number of aryl methyl sites for hydroxylation is 1. The highest BCUT2D eigenvalue weighted by atomic mass is 32.2. The second kappa shape index (κ2) is 8.92. The molecule has 3 heterocycles. The highest BCUT2D eigenvalue weighted by molar-refractivity contribution is 7.90. The van der Waals surface area contributed by atoms with E-state index >= 15 is 0 Å². The van der Waals surface area contributed by atoms with Gasteiger partial charge in [-0.25, -0.2) is 22.5 Å². The molecule has 2 aromatic heterocycles. The average molecular weight is 499 g/mol. The van der Waals surface area contributed by atoms with E-state index in [0.717, 1.165) is 12.5 Å². The summed E-state index contributed by atoms with van der Waals surface area (Å²) in [4.78, 5) is 33.6. The summed E-state index contributed by atoms with van der Waals surface area (Å²) in [7, 11) is -4.43. The second-order valence-electron chi connectivity index (χ2n) is 9.56. The molecule has 1 aliphatic rings. The van der Waals surface area contributed by atoms with Crippen molar-refractivity contribution in [2.24, 2.45) is 5.92 Å². The number of H-pyrrole nitrogens is 1. The molecule has 35 heavy (non-hydrogen) atoms. The zero-order chi connectivity index (χ0) is 25.5. The summed E-state index contributed by atoms with van der Waals surface area (Å²) in [6.07, 6.45) is 2.14. The molecule has 1 aliphatic heterocycles. The van der Waals surface area contributed by atoms with Gasteiger partial charge >= 0.3 is 0 Å². The van der Waals surface area contributed by atoms with Crippen LogP contribution in [0.25, 0.3) is 11.3 Å². The quantitative estimate of drug-likeness (QED) is 0.556. The average Bonchev–Trinajstić information content (AvgIpc) is 3.06. The third kappa shape index (κ3) is 4.84. The lowest BCUT2D eigenvalue weighted by molar-refractivity contribution is 0.0981. The topological polar surface area (TPSA) is 112 Å². The van der Waals surface area contributed by atoms with Gasteiger partial charge < -0.3 is 9.88 Å². The summed E-state index contributed by atoms with van der Waals surface area (Å²) in [5.74, 6) is -0.669. The van der Waals surface area contributed by atoms with Crippen LogP contribution in [0.4, 0.5) is 10.2 Å². The van der Waals surface area contributed by atoms with Crippen molar-refractivity contribution in [3.8, 4) is 11.3 Å². The molecule has 10 heteroatoms. The molecular weight excluding hydrogens is 471 g/mol. The van der Waals surface area contributed by atoms with Crippen molar-refractivity contribution in [2.45, 2.75) is 44.6 Å². The summed E-state index contributed by atoms with van der Waals surface area (Å²) in [6, 6.07) is 10.3. The van der Waals surface area contributed by atoms with Crippen LogP contribution in [0.15, 0.2) is 58.4 Å². The maximum absolute atomic E-state index is 14.2. The Hall–Kier alpha value is -3.53. The molecule has 2 N–H and O–H groups in total. The number of hydrogen-bond acceptors (Lipinski definition) is 6. The number of aromatic nitrogens is 2. The molecule has 1 fully saturated rings. The van der Waals surface area contributed by atoms with Crippen LogP contribution in [0.1, 0.15) is 43.1 Å². The first-order chi connectivity index (χ1) is 16.4. The number of benzene rings is 1. The predicted octanol–water partition coefficient (Wildman–Crippen LogP) is 3.63. The summed E-state index contributed by atoms with van der Waals surface area (Å²) in [5, 5.41) is 0. The molecule has 8 nitrogen and oxygen atoms in total. The number of amides is 1. The fraction of sp³-hybridized carbons (Fsp3) is 0.320. The van der Waals surface area contributed by atoms with Crippen LogP contribution in [0.2, 0.25) is 0 Å². The number of rotatable bonds is 5. The van der Waals surface area contributed by atoms with Crippen LogP contribution in [0.5, 0.6) is 0 Å². The lowest BCUT2D eigenvalue weighted by atomic mass is 9.97. The highest BCUT2D eigenvalue weighted by Crippen LogP contribution is 2.38. The molecule has 0 bridgehead atoms. The highest BCUT2D eigenvalue weighted by Gasteiger charge is 2.39. The van der Waals surface area contributed by atoms with Crippen molar-refractivity contribution in [1.29, 1.82) is 0 Å². The molecule has 1 aromatic carbocycles. The molecule has 0 unspecified atom stereocenters. The fourth-order valence-electron chi connectivity index (χ4n) is 4.55. The Labute approximate surface area is 203 Å². The van der Waals surface area contributed by atoms with E-state index in [-0.39, 0.29) is 16.9 Å².